The summed E-state index contributed by atoms with van der Waals surface area (Å²) in [6.07, 6.45) is 4.03. The molecule has 2 aliphatic rings. The van der Waals surface area contributed by atoms with Crippen LogP contribution in [0.4, 0.5) is 0 Å². The van der Waals surface area contributed by atoms with Crippen LogP contribution in [-0.2, 0) is 12.8 Å². The smallest absolute Gasteiger partial charge is 0.0882 e. The number of hydrogen-bond acceptors (Lipinski definition) is 2. The molecule has 1 unspecified atom stereocenters. The topological polar surface area (TPSA) is 23.5 Å². The van der Waals surface area contributed by atoms with Crippen LogP contribution in [-0.4, -0.2) is 34.2 Å². The Kier molecular flexibility index (Phi) is 2.95. The van der Waals surface area contributed by atoms with E-state index in [1.807, 2.05) is 0 Å². The summed E-state index contributed by atoms with van der Waals surface area (Å²) in [5, 5.41) is 11.1. The Morgan fingerprint density at radius 3 is 2.39 bits per heavy atom. The Morgan fingerprint density at radius 1 is 1.22 bits per heavy atom. The fourth-order valence-corrected chi connectivity index (χ4v) is 3.84. The third kappa shape index (κ3) is 1.88. The standard InChI is InChI=1S/C16H23NO/c1-12(2)17-9-5-8-15(17)16(18)10-13-6-3-4-7-14(13)11-16/h3-4,6-7,12,15,18H,5,8-11H2,1-2H3. The summed E-state index contributed by atoms with van der Waals surface area (Å²) < 4.78 is 0. The molecule has 98 valence electrons. The molecule has 1 aliphatic heterocycles. The average Bonchev–Trinajstić information content (AvgIpc) is 2.91. The Morgan fingerprint density at radius 2 is 1.83 bits per heavy atom. The highest BCUT2D eigenvalue weighted by molar-refractivity contribution is 5.36. The van der Waals surface area contributed by atoms with E-state index in [9.17, 15) is 5.11 Å². The van der Waals surface area contributed by atoms with Crippen molar-refractivity contribution in [3.63, 3.8) is 0 Å². The molecule has 1 fully saturated rings. The lowest BCUT2D eigenvalue weighted by Gasteiger charge is -2.38. The van der Waals surface area contributed by atoms with E-state index in [0.717, 1.165) is 25.8 Å². The van der Waals surface area contributed by atoms with E-state index in [4.69, 9.17) is 0 Å². The maximum atomic E-state index is 11.1. The molecule has 0 spiro atoms. The van der Waals surface area contributed by atoms with Gasteiger partial charge in [-0.05, 0) is 44.4 Å². The molecule has 3 rings (SSSR count). The van der Waals surface area contributed by atoms with Crippen LogP contribution in [0, 0.1) is 0 Å². The van der Waals surface area contributed by atoms with Crippen LogP contribution < -0.4 is 0 Å². The molecule has 2 nitrogen and oxygen atoms in total. The van der Waals surface area contributed by atoms with Crippen LogP contribution in [0.25, 0.3) is 0 Å². The fraction of sp³-hybridized carbons (Fsp3) is 0.625. The second-order valence-electron chi connectivity index (χ2n) is 6.22. The minimum Gasteiger partial charge on any atom is -0.388 e. The lowest BCUT2D eigenvalue weighted by atomic mass is 9.88. The summed E-state index contributed by atoms with van der Waals surface area (Å²) in [6.45, 7) is 5.62. The van der Waals surface area contributed by atoms with Gasteiger partial charge in [0.15, 0.2) is 0 Å². The van der Waals surface area contributed by atoms with Crippen molar-refractivity contribution in [3.8, 4) is 0 Å². The highest BCUT2D eigenvalue weighted by Crippen LogP contribution is 2.38. The van der Waals surface area contributed by atoms with Gasteiger partial charge in [0, 0.05) is 24.9 Å². The molecule has 1 N–H and O–H groups in total. The van der Waals surface area contributed by atoms with Crippen molar-refractivity contribution in [1.29, 1.82) is 0 Å². The van der Waals surface area contributed by atoms with Crippen LogP contribution in [0.1, 0.15) is 37.8 Å². The number of hydrogen-bond donors (Lipinski definition) is 1. The van der Waals surface area contributed by atoms with Gasteiger partial charge in [0.25, 0.3) is 0 Å². The Balaban J connectivity index is 1.85. The Labute approximate surface area is 110 Å². The Bertz CT molecular complexity index is 415. The van der Waals surface area contributed by atoms with Crippen LogP contribution in [0.3, 0.4) is 0 Å². The van der Waals surface area contributed by atoms with Gasteiger partial charge >= 0.3 is 0 Å². The van der Waals surface area contributed by atoms with E-state index in [1.165, 1.54) is 17.5 Å². The molecular weight excluding hydrogens is 222 g/mol. The zero-order valence-corrected chi connectivity index (χ0v) is 11.4. The third-order valence-electron chi connectivity index (χ3n) is 4.69. The first-order valence-corrected chi connectivity index (χ1v) is 7.15. The van der Waals surface area contributed by atoms with Crippen LogP contribution >= 0.6 is 0 Å². The normalized spacial score (nSPS) is 26.8. The number of nitrogens with zero attached hydrogens (tertiary/aromatic N) is 1. The first kappa shape index (κ1) is 12.2. The summed E-state index contributed by atoms with van der Waals surface area (Å²) in [6, 6.07) is 9.37. The number of benzene rings is 1. The molecule has 18 heavy (non-hydrogen) atoms. The minimum absolute atomic E-state index is 0.338. The molecule has 1 aromatic carbocycles. The van der Waals surface area contributed by atoms with Gasteiger partial charge in [0.2, 0.25) is 0 Å². The maximum Gasteiger partial charge on any atom is 0.0882 e. The summed E-state index contributed by atoms with van der Waals surface area (Å²) in [5.41, 5.74) is 2.15. The second-order valence-corrected chi connectivity index (χ2v) is 6.22. The van der Waals surface area contributed by atoms with Crippen molar-refractivity contribution in [1.82, 2.24) is 4.90 Å². The molecule has 1 saturated heterocycles. The third-order valence-corrected chi connectivity index (χ3v) is 4.69. The number of fused-ring (bicyclic) bond motifs is 1. The zero-order valence-electron chi connectivity index (χ0n) is 11.4. The zero-order chi connectivity index (χ0) is 12.8. The number of rotatable bonds is 2. The predicted molar refractivity (Wildman–Crippen MR) is 73.7 cm³/mol. The van der Waals surface area contributed by atoms with Gasteiger partial charge < -0.3 is 5.11 Å². The highest BCUT2D eigenvalue weighted by Gasteiger charge is 2.46. The van der Waals surface area contributed by atoms with E-state index >= 15 is 0 Å². The van der Waals surface area contributed by atoms with Gasteiger partial charge in [0.05, 0.1) is 5.60 Å². The molecule has 0 radical (unpaired) electrons. The van der Waals surface area contributed by atoms with Gasteiger partial charge in [0.1, 0.15) is 0 Å². The van der Waals surface area contributed by atoms with Gasteiger partial charge in [-0.2, -0.15) is 0 Å². The van der Waals surface area contributed by atoms with E-state index in [-0.39, 0.29) is 0 Å². The lowest BCUT2D eigenvalue weighted by molar-refractivity contribution is -0.0335. The molecule has 0 aromatic heterocycles. The van der Waals surface area contributed by atoms with Crippen molar-refractivity contribution in [2.75, 3.05) is 6.54 Å². The van der Waals surface area contributed by atoms with Gasteiger partial charge in [-0.15, -0.1) is 0 Å². The van der Waals surface area contributed by atoms with Crippen molar-refractivity contribution < 1.29 is 5.11 Å². The molecule has 0 amide bonds. The van der Waals surface area contributed by atoms with Crippen molar-refractivity contribution in [3.05, 3.63) is 35.4 Å². The quantitative estimate of drug-likeness (QED) is 0.865. The van der Waals surface area contributed by atoms with Crippen molar-refractivity contribution >= 4 is 0 Å². The van der Waals surface area contributed by atoms with E-state index in [0.29, 0.717) is 12.1 Å². The van der Waals surface area contributed by atoms with Gasteiger partial charge in [-0.1, -0.05) is 24.3 Å². The van der Waals surface area contributed by atoms with Crippen LogP contribution in [0.5, 0.6) is 0 Å². The van der Waals surface area contributed by atoms with Crippen molar-refractivity contribution in [2.24, 2.45) is 0 Å². The summed E-state index contributed by atoms with van der Waals surface area (Å²) in [7, 11) is 0. The molecule has 1 atom stereocenters. The maximum absolute atomic E-state index is 11.1. The first-order chi connectivity index (χ1) is 8.60. The minimum atomic E-state index is -0.537. The number of aliphatic hydroxyl groups is 1. The van der Waals surface area contributed by atoms with E-state index < -0.39 is 5.60 Å². The predicted octanol–water partition coefficient (Wildman–Crippen LogP) is 2.39. The second kappa shape index (κ2) is 4.36. The van der Waals surface area contributed by atoms with Gasteiger partial charge in [-0.3, -0.25) is 4.90 Å². The fourth-order valence-electron chi connectivity index (χ4n) is 3.84. The molecule has 1 aliphatic carbocycles. The highest BCUT2D eigenvalue weighted by atomic mass is 16.3. The number of likely N-dealkylation sites (tertiary alicyclic amines) is 1. The van der Waals surface area contributed by atoms with Gasteiger partial charge in [-0.25, -0.2) is 0 Å². The molecule has 0 saturated carbocycles. The summed E-state index contributed by atoms with van der Waals surface area (Å²) >= 11 is 0. The first-order valence-electron chi connectivity index (χ1n) is 7.15. The van der Waals surface area contributed by atoms with E-state index in [2.05, 4.69) is 43.0 Å². The molecule has 2 heteroatoms. The SMILES string of the molecule is CC(C)N1CCCC1C1(O)Cc2ccccc2C1. The molecule has 0 bridgehead atoms. The molecule has 1 aromatic rings. The lowest BCUT2D eigenvalue weighted by Crippen LogP contribution is -2.52. The Hall–Kier alpha value is -0.860. The monoisotopic (exact) mass is 245 g/mol. The largest absolute Gasteiger partial charge is 0.388 e. The van der Waals surface area contributed by atoms with Crippen LogP contribution in [0.2, 0.25) is 0 Å². The molecular formula is C16H23NO. The average molecular weight is 245 g/mol. The van der Waals surface area contributed by atoms with Crippen molar-refractivity contribution in [2.45, 2.75) is 57.2 Å². The summed E-state index contributed by atoms with van der Waals surface area (Å²) in [5.74, 6) is 0. The summed E-state index contributed by atoms with van der Waals surface area (Å²) in [4.78, 5) is 2.49. The molecule has 1 heterocycles. The van der Waals surface area contributed by atoms with E-state index in [1.54, 1.807) is 0 Å². The van der Waals surface area contributed by atoms with Crippen LogP contribution in [0.15, 0.2) is 24.3 Å².